The standard InChI is InChI=1S/C10H11N3/c11-9-2-1-6-3-7-5-12-13-10(7)4-8(6)9/h3-5,9H,1-2,11H2,(H,12,13)/t9-/m1/s1. The third kappa shape index (κ3) is 0.906. The number of rotatable bonds is 0. The minimum Gasteiger partial charge on any atom is -0.324 e. The van der Waals surface area contributed by atoms with Crippen molar-refractivity contribution in [2.24, 2.45) is 5.73 Å². The zero-order valence-corrected chi connectivity index (χ0v) is 7.25. The highest BCUT2D eigenvalue weighted by Gasteiger charge is 2.19. The van der Waals surface area contributed by atoms with Crippen molar-refractivity contribution >= 4 is 10.9 Å². The normalized spacial score (nSPS) is 20.8. The molecule has 3 rings (SSSR count). The van der Waals surface area contributed by atoms with Crippen molar-refractivity contribution in [3.63, 3.8) is 0 Å². The molecule has 0 bridgehead atoms. The Bertz CT molecular complexity index is 458. The second-order valence-corrected chi connectivity index (χ2v) is 3.65. The molecule has 1 aromatic heterocycles. The van der Waals surface area contributed by atoms with E-state index in [1.54, 1.807) is 0 Å². The summed E-state index contributed by atoms with van der Waals surface area (Å²) in [5, 5.41) is 8.15. The van der Waals surface area contributed by atoms with Crippen LogP contribution in [-0.4, -0.2) is 10.2 Å². The maximum absolute atomic E-state index is 5.97. The Morgan fingerprint density at radius 2 is 2.38 bits per heavy atom. The SMILES string of the molecule is N[C@@H]1CCc2cc3cn[nH]c3cc21. The summed E-state index contributed by atoms with van der Waals surface area (Å²) in [7, 11) is 0. The fourth-order valence-corrected chi connectivity index (χ4v) is 2.08. The van der Waals surface area contributed by atoms with Crippen LogP contribution in [0.2, 0.25) is 0 Å². The van der Waals surface area contributed by atoms with Crippen LogP contribution < -0.4 is 5.73 Å². The predicted molar refractivity (Wildman–Crippen MR) is 51.3 cm³/mol. The molecule has 0 saturated carbocycles. The molecule has 1 heterocycles. The number of H-pyrrole nitrogens is 1. The van der Waals surface area contributed by atoms with Crippen LogP contribution in [-0.2, 0) is 6.42 Å². The number of aromatic amines is 1. The van der Waals surface area contributed by atoms with E-state index in [2.05, 4.69) is 22.3 Å². The van der Waals surface area contributed by atoms with Gasteiger partial charge in [-0.3, -0.25) is 5.10 Å². The van der Waals surface area contributed by atoms with Gasteiger partial charge in [-0.05, 0) is 36.1 Å². The van der Waals surface area contributed by atoms with Gasteiger partial charge in [0.05, 0.1) is 11.7 Å². The van der Waals surface area contributed by atoms with E-state index >= 15 is 0 Å². The average molecular weight is 173 g/mol. The molecule has 1 atom stereocenters. The maximum Gasteiger partial charge on any atom is 0.0653 e. The summed E-state index contributed by atoms with van der Waals surface area (Å²) in [6.07, 6.45) is 4.05. The van der Waals surface area contributed by atoms with E-state index < -0.39 is 0 Å². The first-order valence-electron chi connectivity index (χ1n) is 4.56. The lowest BCUT2D eigenvalue weighted by Gasteiger charge is -2.03. The third-order valence-corrected chi connectivity index (χ3v) is 2.82. The van der Waals surface area contributed by atoms with Crippen LogP contribution in [0.25, 0.3) is 10.9 Å². The predicted octanol–water partition coefficient (Wildman–Crippen LogP) is 1.51. The second-order valence-electron chi connectivity index (χ2n) is 3.65. The number of hydrogen-bond donors (Lipinski definition) is 2. The van der Waals surface area contributed by atoms with Gasteiger partial charge in [-0.15, -0.1) is 0 Å². The molecule has 13 heavy (non-hydrogen) atoms. The molecule has 3 N–H and O–H groups in total. The molecule has 0 saturated heterocycles. The van der Waals surface area contributed by atoms with Gasteiger partial charge >= 0.3 is 0 Å². The lowest BCUT2D eigenvalue weighted by molar-refractivity contribution is 0.713. The van der Waals surface area contributed by atoms with E-state index in [-0.39, 0.29) is 6.04 Å². The van der Waals surface area contributed by atoms with Gasteiger partial charge in [0.15, 0.2) is 0 Å². The highest BCUT2D eigenvalue weighted by molar-refractivity contribution is 5.80. The molecule has 3 nitrogen and oxygen atoms in total. The Labute approximate surface area is 75.9 Å². The summed E-state index contributed by atoms with van der Waals surface area (Å²) < 4.78 is 0. The molecule has 0 spiro atoms. The molecule has 0 unspecified atom stereocenters. The number of benzene rings is 1. The van der Waals surface area contributed by atoms with E-state index in [0.29, 0.717) is 0 Å². The Balaban J connectivity index is 2.34. The number of hydrogen-bond acceptors (Lipinski definition) is 2. The van der Waals surface area contributed by atoms with E-state index in [1.165, 1.54) is 16.5 Å². The monoisotopic (exact) mass is 173 g/mol. The van der Waals surface area contributed by atoms with Crippen LogP contribution >= 0.6 is 0 Å². The molecular formula is C10H11N3. The van der Waals surface area contributed by atoms with Crippen molar-refractivity contribution in [3.05, 3.63) is 29.5 Å². The molecule has 0 fully saturated rings. The highest BCUT2D eigenvalue weighted by Crippen LogP contribution is 2.31. The number of nitrogens with two attached hydrogens (primary N) is 1. The van der Waals surface area contributed by atoms with Gasteiger partial charge in [0.2, 0.25) is 0 Å². The maximum atomic E-state index is 5.97. The summed E-state index contributed by atoms with van der Waals surface area (Å²) in [5.41, 5.74) is 9.74. The Morgan fingerprint density at radius 3 is 3.31 bits per heavy atom. The van der Waals surface area contributed by atoms with Crippen LogP contribution in [0.1, 0.15) is 23.6 Å². The molecular weight excluding hydrogens is 162 g/mol. The van der Waals surface area contributed by atoms with Gasteiger partial charge in [0, 0.05) is 11.4 Å². The van der Waals surface area contributed by atoms with Gasteiger partial charge < -0.3 is 5.73 Å². The number of nitrogens with zero attached hydrogens (tertiary/aromatic N) is 1. The number of aryl methyl sites for hydroxylation is 1. The van der Waals surface area contributed by atoms with E-state index in [4.69, 9.17) is 5.73 Å². The fraction of sp³-hybridized carbons (Fsp3) is 0.300. The number of nitrogens with one attached hydrogen (secondary N) is 1. The van der Waals surface area contributed by atoms with Crippen molar-refractivity contribution in [2.45, 2.75) is 18.9 Å². The molecule has 2 aromatic rings. The molecule has 1 aromatic carbocycles. The number of aromatic nitrogens is 2. The van der Waals surface area contributed by atoms with Crippen LogP contribution in [0.4, 0.5) is 0 Å². The highest BCUT2D eigenvalue weighted by atomic mass is 15.1. The summed E-state index contributed by atoms with van der Waals surface area (Å²) in [4.78, 5) is 0. The van der Waals surface area contributed by atoms with E-state index in [0.717, 1.165) is 18.4 Å². The lowest BCUT2D eigenvalue weighted by Crippen LogP contribution is -2.04. The molecule has 0 amide bonds. The van der Waals surface area contributed by atoms with Gasteiger partial charge in [-0.25, -0.2) is 0 Å². The number of fused-ring (bicyclic) bond motifs is 2. The third-order valence-electron chi connectivity index (χ3n) is 2.82. The van der Waals surface area contributed by atoms with Crippen LogP contribution in [0.15, 0.2) is 18.3 Å². The van der Waals surface area contributed by atoms with Gasteiger partial charge in [-0.1, -0.05) is 0 Å². The molecule has 1 aliphatic carbocycles. The van der Waals surface area contributed by atoms with Gasteiger partial charge in [0.1, 0.15) is 0 Å². The van der Waals surface area contributed by atoms with Crippen LogP contribution in [0.5, 0.6) is 0 Å². The van der Waals surface area contributed by atoms with E-state index in [9.17, 15) is 0 Å². The second kappa shape index (κ2) is 2.33. The molecule has 0 radical (unpaired) electrons. The van der Waals surface area contributed by atoms with Gasteiger partial charge in [0.25, 0.3) is 0 Å². The Kier molecular flexibility index (Phi) is 1.27. The molecule has 1 aliphatic rings. The zero-order valence-electron chi connectivity index (χ0n) is 7.25. The lowest BCUT2D eigenvalue weighted by atomic mass is 10.1. The fourth-order valence-electron chi connectivity index (χ4n) is 2.08. The summed E-state index contributed by atoms with van der Waals surface area (Å²) in [6, 6.07) is 4.55. The molecule has 0 aliphatic heterocycles. The average Bonchev–Trinajstić information content (AvgIpc) is 2.70. The van der Waals surface area contributed by atoms with Crippen molar-refractivity contribution in [3.8, 4) is 0 Å². The first-order valence-corrected chi connectivity index (χ1v) is 4.56. The minimum absolute atomic E-state index is 0.225. The minimum atomic E-state index is 0.225. The van der Waals surface area contributed by atoms with Crippen molar-refractivity contribution < 1.29 is 0 Å². The van der Waals surface area contributed by atoms with E-state index in [1.807, 2.05) is 6.20 Å². The summed E-state index contributed by atoms with van der Waals surface area (Å²) in [6.45, 7) is 0. The largest absolute Gasteiger partial charge is 0.324 e. The summed E-state index contributed by atoms with van der Waals surface area (Å²) in [5.74, 6) is 0. The molecule has 3 heteroatoms. The Hall–Kier alpha value is -1.35. The van der Waals surface area contributed by atoms with Crippen molar-refractivity contribution in [2.75, 3.05) is 0 Å². The van der Waals surface area contributed by atoms with Crippen LogP contribution in [0.3, 0.4) is 0 Å². The quantitative estimate of drug-likeness (QED) is 0.634. The first-order chi connectivity index (χ1) is 6.34. The van der Waals surface area contributed by atoms with Crippen LogP contribution in [0, 0.1) is 0 Å². The Morgan fingerprint density at radius 1 is 1.46 bits per heavy atom. The molecule has 66 valence electrons. The first kappa shape index (κ1) is 7.09. The van der Waals surface area contributed by atoms with Crippen molar-refractivity contribution in [1.29, 1.82) is 0 Å². The zero-order chi connectivity index (χ0) is 8.84. The topological polar surface area (TPSA) is 54.7 Å². The van der Waals surface area contributed by atoms with Crippen molar-refractivity contribution in [1.82, 2.24) is 10.2 Å². The van der Waals surface area contributed by atoms with Gasteiger partial charge in [-0.2, -0.15) is 5.10 Å². The summed E-state index contributed by atoms with van der Waals surface area (Å²) >= 11 is 0. The smallest absolute Gasteiger partial charge is 0.0653 e.